The van der Waals surface area contributed by atoms with Gasteiger partial charge in [0.2, 0.25) is 0 Å². The lowest BCUT2D eigenvalue weighted by atomic mass is 10.1. The summed E-state index contributed by atoms with van der Waals surface area (Å²) in [5.41, 5.74) is 1.36. The minimum absolute atomic E-state index is 0.0369. The van der Waals surface area contributed by atoms with Gasteiger partial charge < -0.3 is 4.74 Å². The second-order valence-corrected chi connectivity index (χ2v) is 4.59. The average Bonchev–Trinajstić information content (AvgIpc) is 2.53. The van der Waals surface area contributed by atoms with E-state index in [9.17, 15) is 14.9 Å². The zero-order chi connectivity index (χ0) is 15.2. The summed E-state index contributed by atoms with van der Waals surface area (Å²) < 4.78 is 5.54. The molecule has 0 saturated carbocycles. The molecular formula is C16H15NO4. The summed E-state index contributed by atoms with van der Waals surface area (Å²) in [4.78, 5) is 22.0. The Kier molecular flexibility index (Phi) is 4.79. The lowest BCUT2D eigenvalue weighted by molar-refractivity contribution is -0.384. The Morgan fingerprint density at radius 2 is 1.76 bits per heavy atom. The van der Waals surface area contributed by atoms with E-state index < -0.39 is 4.92 Å². The van der Waals surface area contributed by atoms with Crippen molar-refractivity contribution in [2.75, 3.05) is 6.61 Å². The predicted octanol–water partition coefficient (Wildman–Crippen LogP) is 3.56. The van der Waals surface area contributed by atoms with Crippen LogP contribution in [0, 0.1) is 10.1 Å². The number of nitro groups is 1. The summed E-state index contributed by atoms with van der Waals surface area (Å²) in [7, 11) is 0. The smallest absolute Gasteiger partial charge is 0.269 e. The fourth-order valence-electron chi connectivity index (χ4n) is 1.87. The Hall–Kier alpha value is -2.53. The molecule has 0 aliphatic carbocycles. The summed E-state index contributed by atoms with van der Waals surface area (Å²) in [6.45, 7) is 1.81. The molecule has 0 bridgehead atoms. The molecule has 0 radical (unpaired) electrons. The lowest BCUT2D eigenvalue weighted by Crippen LogP contribution is -2.11. The first-order valence-corrected chi connectivity index (χ1v) is 6.52. The number of Topliss-reactive ketones (excluding diaryl/α,β-unsaturated/α-hetero) is 1. The standard InChI is InChI=1S/C16H15NO4/c1-12(13-5-3-2-4-6-13)21-11-16(18)14-7-9-15(10-8-14)17(19)20/h2-10,12H,11H2,1H3. The molecule has 108 valence electrons. The van der Waals surface area contributed by atoms with E-state index >= 15 is 0 Å². The quantitative estimate of drug-likeness (QED) is 0.462. The highest BCUT2D eigenvalue weighted by molar-refractivity contribution is 5.97. The molecule has 0 aromatic heterocycles. The number of hydrogen-bond donors (Lipinski definition) is 0. The van der Waals surface area contributed by atoms with E-state index in [1.165, 1.54) is 24.3 Å². The molecule has 2 aromatic rings. The van der Waals surface area contributed by atoms with Crippen molar-refractivity contribution in [3.63, 3.8) is 0 Å². The first-order chi connectivity index (χ1) is 10.1. The number of carbonyl (C=O) groups excluding carboxylic acids is 1. The van der Waals surface area contributed by atoms with Gasteiger partial charge in [-0.1, -0.05) is 30.3 Å². The van der Waals surface area contributed by atoms with Crippen LogP contribution in [0.3, 0.4) is 0 Å². The predicted molar refractivity (Wildman–Crippen MR) is 78.2 cm³/mol. The third kappa shape index (κ3) is 3.97. The molecule has 5 nitrogen and oxygen atoms in total. The van der Waals surface area contributed by atoms with E-state index in [-0.39, 0.29) is 24.2 Å². The number of non-ortho nitro benzene ring substituents is 1. The number of carbonyl (C=O) groups is 1. The van der Waals surface area contributed by atoms with Crippen LogP contribution in [0.2, 0.25) is 0 Å². The van der Waals surface area contributed by atoms with Crippen LogP contribution in [0.4, 0.5) is 5.69 Å². The Morgan fingerprint density at radius 3 is 2.33 bits per heavy atom. The Morgan fingerprint density at radius 1 is 1.14 bits per heavy atom. The van der Waals surface area contributed by atoms with Gasteiger partial charge in [-0.3, -0.25) is 14.9 Å². The van der Waals surface area contributed by atoms with E-state index in [1.807, 2.05) is 37.3 Å². The number of nitro benzene ring substituents is 1. The first-order valence-electron chi connectivity index (χ1n) is 6.52. The Labute approximate surface area is 122 Å². The topological polar surface area (TPSA) is 69.4 Å². The van der Waals surface area contributed by atoms with Crippen molar-refractivity contribution in [3.05, 3.63) is 75.8 Å². The molecule has 1 atom stereocenters. The molecule has 0 N–H and O–H groups in total. The van der Waals surface area contributed by atoms with Crippen molar-refractivity contribution < 1.29 is 14.5 Å². The monoisotopic (exact) mass is 285 g/mol. The van der Waals surface area contributed by atoms with Crippen LogP contribution < -0.4 is 0 Å². The lowest BCUT2D eigenvalue weighted by Gasteiger charge is -2.12. The molecule has 0 fully saturated rings. The molecule has 21 heavy (non-hydrogen) atoms. The number of ether oxygens (including phenoxy) is 1. The molecule has 0 heterocycles. The van der Waals surface area contributed by atoms with Gasteiger partial charge in [-0.15, -0.1) is 0 Å². The van der Waals surface area contributed by atoms with Crippen molar-refractivity contribution in [1.29, 1.82) is 0 Å². The van der Waals surface area contributed by atoms with Crippen molar-refractivity contribution in [1.82, 2.24) is 0 Å². The Bertz CT molecular complexity index is 622. The number of hydrogen-bond acceptors (Lipinski definition) is 4. The molecule has 0 aliphatic rings. The summed E-state index contributed by atoms with van der Waals surface area (Å²) in [5.74, 6) is -0.201. The second kappa shape index (κ2) is 6.76. The zero-order valence-electron chi connectivity index (χ0n) is 11.6. The van der Waals surface area contributed by atoms with Crippen LogP contribution in [0.5, 0.6) is 0 Å². The minimum Gasteiger partial charge on any atom is -0.366 e. The van der Waals surface area contributed by atoms with Gasteiger partial charge in [0.15, 0.2) is 5.78 Å². The summed E-state index contributed by atoms with van der Waals surface area (Å²) in [6.07, 6.45) is -0.187. The normalized spacial score (nSPS) is 11.9. The average molecular weight is 285 g/mol. The van der Waals surface area contributed by atoms with E-state index in [2.05, 4.69) is 0 Å². The molecule has 1 unspecified atom stereocenters. The maximum Gasteiger partial charge on any atom is 0.269 e. The fraction of sp³-hybridized carbons (Fsp3) is 0.188. The van der Waals surface area contributed by atoms with Gasteiger partial charge in [0, 0.05) is 17.7 Å². The highest BCUT2D eigenvalue weighted by Crippen LogP contribution is 2.17. The van der Waals surface area contributed by atoms with Gasteiger partial charge in [-0.25, -0.2) is 0 Å². The number of benzene rings is 2. The van der Waals surface area contributed by atoms with Crippen LogP contribution in [0.25, 0.3) is 0 Å². The third-order valence-electron chi connectivity index (χ3n) is 3.13. The second-order valence-electron chi connectivity index (χ2n) is 4.59. The van der Waals surface area contributed by atoms with Crippen LogP contribution in [-0.2, 0) is 4.74 Å². The van der Waals surface area contributed by atoms with E-state index in [1.54, 1.807) is 0 Å². The van der Waals surface area contributed by atoms with E-state index in [0.717, 1.165) is 5.56 Å². The molecule has 5 heteroatoms. The number of ketones is 1. The molecule has 0 amide bonds. The van der Waals surface area contributed by atoms with E-state index in [4.69, 9.17) is 4.74 Å². The molecule has 0 aliphatic heterocycles. The van der Waals surface area contributed by atoms with Gasteiger partial charge in [-0.2, -0.15) is 0 Å². The highest BCUT2D eigenvalue weighted by atomic mass is 16.6. The van der Waals surface area contributed by atoms with Crippen LogP contribution >= 0.6 is 0 Å². The fourth-order valence-corrected chi connectivity index (χ4v) is 1.87. The summed E-state index contributed by atoms with van der Waals surface area (Å²) in [6, 6.07) is 15.1. The van der Waals surface area contributed by atoms with Gasteiger partial charge >= 0.3 is 0 Å². The third-order valence-corrected chi connectivity index (χ3v) is 3.13. The first kappa shape index (κ1) is 14.9. The largest absolute Gasteiger partial charge is 0.366 e. The molecule has 2 rings (SSSR count). The van der Waals surface area contributed by atoms with Gasteiger partial charge in [-0.05, 0) is 24.6 Å². The highest BCUT2D eigenvalue weighted by Gasteiger charge is 2.12. The van der Waals surface area contributed by atoms with Gasteiger partial charge in [0.25, 0.3) is 5.69 Å². The molecular weight excluding hydrogens is 270 g/mol. The zero-order valence-corrected chi connectivity index (χ0v) is 11.6. The van der Waals surface area contributed by atoms with Crippen molar-refractivity contribution >= 4 is 11.5 Å². The van der Waals surface area contributed by atoms with Crippen molar-refractivity contribution in [2.45, 2.75) is 13.0 Å². The summed E-state index contributed by atoms with van der Waals surface area (Å²) >= 11 is 0. The number of nitrogens with zero attached hydrogens (tertiary/aromatic N) is 1. The van der Waals surface area contributed by atoms with Crippen molar-refractivity contribution in [2.24, 2.45) is 0 Å². The van der Waals surface area contributed by atoms with Crippen LogP contribution in [-0.4, -0.2) is 17.3 Å². The van der Waals surface area contributed by atoms with Crippen LogP contribution in [0.1, 0.15) is 28.9 Å². The maximum absolute atomic E-state index is 12.0. The number of rotatable bonds is 6. The SMILES string of the molecule is CC(OCC(=O)c1ccc([N+](=O)[O-])cc1)c1ccccc1. The van der Waals surface area contributed by atoms with Gasteiger partial charge in [0.1, 0.15) is 6.61 Å². The molecule has 0 spiro atoms. The molecule has 2 aromatic carbocycles. The van der Waals surface area contributed by atoms with E-state index in [0.29, 0.717) is 5.56 Å². The Balaban J connectivity index is 1.94. The van der Waals surface area contributed by atoms with Crippen molar-refractivity contribution in [3.8, 4) is 0 Å². The van der Waals surface area contributed by atoms with Crippen LogP contribution in [0.15, 0.2) is 54.6 Å². The van der Waals surface area contributed by atoms with Gasteiger partial charge in [0.05, 0.1) is 11.0 Å². The molecule has 0 saturated heterocycles. The summed E-state index contributed by atoms with van der Waals surface area (Å²) in [5, 5.41) is 10.5. The minimum atomic E-state index is -0.498. The maximum atomic E-state index is 12.0.